The van der Waals surface area contributed by atoms with E-state index < -0.39 is 11.7 Å². The maximum absolute atomic E-state index is 12.7. The van der Waals surface area contributed by atoms with Crippen molar-refractivity contribution in [2.24, 2.45) is 0 Å². The fourth-order valence-electron chi connectivity index (χ4n) is 1.55. The molecule has 6 heteroatoms. The summed E-state index contributed by atoms with van der Waals surface area (Å²) in [6, 6.07) is 7.06. The Labute approximate surface area is 109 Å². The maximum atomic E-state index is 12.7. The predicted molar refractivity (Wildman–Crippen MR) is 64.1 cm³/mol. The van der Waals surface area contributed by atoms with E-state index in [1.54, 1.807) is 0 Å². The summed E-state index contributed by atoms with van der Waals surface area (Å²) in [6.07, 6.45) is -2.70. The van der Waals surface area contributed by atoms with E-state index >= 15 is 0 Å². The molecular weight excluding hydrogens is 255 g/mol. The molecule has 0 radical (unpaired) electrons. The van der Waals surface area contributed by atoms with Gasteiger partial charge in [0.1, 0.15) is 0 Å². The third-order valence-electron chi connectivity index (χ3n) is 2.49. The van der Waals surface area contributed by atoms with Gasteiger partial charge in [-0.25, -0.2) is 0 Å². The first-order valence-corrected chi connectivity index (χ1v) is 5.71. The fourth-order valence-corrected chi connectivity index (χ4v) is 1.55. The number of alkyl halides is 3. The van der Waals surface area contributed by atoms with Crippen molar-refractivity contribution in [3.8, 4) is 12.1 Å². The largest absolute Gasteiger partial charge is 0.417 e. The molecular formula is C13H12F3N3. The van der Waals surface area contributed by atoms with Gasteiger partial charge < -0.3 is 5.32 Å². The monoisotopic (exact) mass is 267 g/mol. The standard InChI is InChI=1S/C13H12F3N3/c14-13(15,16)12-8-11(5-4-10(12)9-18)19-7-3-1-2-6-17/h4-5,8,19H,1-3,7H2. The van der Waals surface area contributed by atoms with Gasteiger partial charge in [0.25, 0.3) is 0 Å². The van der Waals surface area contributed by atoms with Crippen molar-refractivity contribution < 1.29 is 13.2 Å². The van der Waals surface area contributed by atoms with Crippen LogP contribution in [0.15, 0.2) is 18.2 Å². The first kappa shape index (κ1) is 14.8. The van der Waals surface area contributed by atoms with Crippen molar-refractivity contribution in [3.05, 3.63) is 29.3 Å². The summed E-state index contributed by atoms with van der Waals surface area (Å²) in [5.41, 5.74) is -0.997. The highest BCUT2D eigenvalue weighted by atomic mass is 19.4. The number of hydrogen-bond acceptors (Lipinski definition) is 3. The van der Waals surface area contributed by atoms with Gasteiger partial charge in [0.05, 0.1) is 23.3 Å². The quantitative estimate of drug-likeness (QED) is 0.828. The Morgan fingerprint density at radius 1 is 1.16 bits per heavy atom. The molecule has 0 saturated heterocycles. The van der Waals surface area contributed by atoms with Crippen molar-refractivity contribution >= 4 is 5.69 Å². The maximum Gasteiger partial charge on any atom is 0.417 e. The van der Waals surface area contributed by atoms with E-state index in [1.807, 2.05) is 6.07 Å². The van der Waals surface area contributed by atoms with Gasteiger partial charge in [0.15, 0.2) is 0 Å². The minimum Gasteiger partial charge on any atom is -0.385 e. The molecule has 0 spiro atoms. The summed E-state index contributed by atoms with van der Waals surface area (Å²) in [6.45, 7) is 0.491. The van der Waals surface area contributed by atoms with Crippen LogP contribution in [0.5, 0.6) is 0 Å². The summed E-state index contributed by atoms with van der Waals surface area (Å²) in [7, 11) is 0. The molecule has 0 saturated carbocycles. The minimum absolute atomic E-state index is 0.322. The summed E-state index contributed by atoms with van der Waals surface area (Å²) in [5, 5.41) is 19.8. The van der Waals surface area contributed by atoms with Crippen LogP contribution in [0.4, 0.5) is 18.9 Å². The first-order valence-electron chi connectivity index (χ1n) is 5.71. The molecule has 100 valence electrons. The number of nitrogens with zero attached hydrogens (tertiary/aromatic N) is 2. The molecule has 1 N–H and O–H groups in total. The van der Waals surface area contributed by atoms with E-state index in [2.05, 4.69) is 5.32 Å². The smallest absolute Gasteiger partial charge is 0.385 e. The molecule has 0 unspecified atom stereocenters. The third-order valence-corrected chi connectivity index (χ3v) is 2.49. The van der Waals surface area contributed by atoms with Gasteiger partial charge in [-0.3, -0.25) is 0 Å². The van der Waals surface area contributed by atoms with Crippen LogP contribution in [-0.4, -0.2) is 6.54 Å². The van der Waals surface area contributed by atoms with Crippen LogP contribution in [-0.2, 0) is 6.18 Å². The zero-order chi connectivity index (χ0) is 14.3. The molecule has 0 aromatic heterocycles. The lowest BCUT2D eigenvalue weighted by molar-refractivity contribution is -0.137. The Hall–Kier alpha value is -2.21. The van der Waals surface area contributed by atoms with Gasteiger partial charge in [-0.15, -0.1) is 0 Å². The molecule has 0 bridgehead atoms. The molecule has 1 aromatic carbocycles. The summed E-state index contributed by atoms with van der Waals surface area (Å²) < 4.78 is 38.1. The number of rotatable bonds is 5. The van der Waals surface area contributed by atoms with Crippen LogP contribution in [0, 0.1) is 22.7 Å². The number of unbranched alkanes of at least 4 members (excludes halogenated alkanes) is 2. The molecule has 0 fully saturated rings. The Kier molecular flexibility index (Phi) is 5.20. The Bertz CT molecular complexity index is 509. The van der Waals surface area contributed by atoms with Crippen molar-refractivity contribution in [2.45, 2.75) is 25.4 Å². The van der Waals surface area contributed by atoms with Gasteiger partial charge in [-0.2, -0.15) is 23.7 Å². The average molecular weight is 267 g/mol. The number of benzene rings is 1. The van der Waals surface area contributed by atoms with Gasteiger partial charge in [-0.05, 0) is 31.0 Å². The highest BCUT2D eigenvalue weighted by Crippen LogP contribution is 2.33. The third kappa shape index (κ3) is 4.51. The van der Waals surface area contributed by atoms with Crippen LogP contribution < -0.4 is 5.32 Å². The van der Waals surface area contributed by atoms with E-state index in [4.69, 9.17) is 10.5 Å². The molecule has 19 heavy (non-hydrogen) atoms. The number of hydrogen-bond donors (Lipinski definition) is 1. The number of halogens is 3. The Morgan fingerprint density at radius 3 is 2.47 bits per heavy atom. The minimum atomic E-state index is -4.54. The molecule has 1 rings (SSSR count). The highest BCUT2D eigenvalue weighted by molar-refractivity contribution is 5.53. The molecule has 1 aromatic rings. The second kappa shape index (κ2) is 6.65. The van der Waals surface area contributed by atoms with Crippen LogP contribution in [0.1, 0.15) is 30.4 Å². The molecule has 0 heterocycles. The Balaban J connectivity index is 2.72. The summed E-state index contributed by atoms with van der Waals surface area (Å²) >= 11 is 0. The van der Waals surface area contributed by atoms with E-state index in [0.717, 1.165) is 12.1 Å². The zero-order valence-corrected chi connectivity index (χ0v) is 10.1. The van der Waals surface area contributed by atoms with Crippen LogP contribution in [0.3, 0.4) is 0 Å². The van der Waals surface area contributed by atoms with E-state index in [0.29, 0.717) is 31.5 Å². The number of anilines is 1. The molecule has 0 aliphatic heterocycles. The fraction of sp³-hybridized carbons (Fsp3) is 0.385. The summed E-state index contributed by atoms with van der Waals surface area (Å²) in [4.78, 5) is 0. The van der Waals surface area contributed by atoms with E-state index in [1.165, 1.54) is 12.1 Å². The van der Waals surface area contributed by atoms with Crippen molar-refractivity contribution in [1.29, 1.82) is 10.5 Å². The second-order valence-electron chi connectivity index (χ2n) is 3.91. The molecule has 3 nitrogen and oxygen atoms in total. The lowest BCUT2D eigenvalue weighted by atomic mass is 10.1. The second-order valence-corrected chi connectivity index (χ2v) is 3.91. The van der Waals surface area contributed by atoms with Crippen molar-refractivity contribution in [2.75, 3.05) is 11.9 Å². The molecule has 0 amide bonds. The van der Waals surface area contributed by atoms with Crippen molar-refractivity contribution in [1.82, 2.24) is 0 Å². The number of nitriles is 2. The zero-order valence-electron chi connectivity index (χ0n) is 10.1. The molecule has 0 aliphatic rings. The SMILES string of the molecule is N#CCCCCNc1ccc(C#N)c(C(F)(F)F)c1. The van der Waals surface area contributed by atoms with Crippen LogP contribution in [0.2, 0.25) is 0 Å². The van der Waals surface area contributed by atoms with Crippen LogP contribution >= 0.6 is 0 Å². The predicted octanol–water partition coefficient (Wildman–Crippen LogP) is 3.68. The van der Waals surface area contributed by atoms with E-state index in [9.17, 15) is 13.2 Å². The lowest BCUT2D eigenvalue weighted by Gasteiger charge is -2.12. The normalized spacial score (nSPS) is 10.6. The molecule has 0 atom stereocenters. The lowest BCUT2D eigenvalue weighted by Crippen LogP contribution is -2.09. The first-order chi connectivity index (χ1) is 8.99. The van der Waals surface area contributed by atoms with Gasteiger partial charge in [0.2, 0.25) is 0 Å². The number of nitrogens with one attached hydrogen (secondary N) is 1. The highest BCUT2D eigenvalue weighted by Gasteiger charge is 2.33. The average Bonchev–Trinajstić information content (AvgIpc) is 2.37. The topological polar surface area (TPSA) is 59.6 Å². The van der Waals surface area contributed by atoms with Crippen LogP contribution in [0.25, 0.3) is 0 Å². The Morgan fingerprint density at radius 2 is 1.89 bits per heavy atom. The van der Waals surface area contributed by atoms with E-state index in [-0.39, 0.29) is 5.56 Å². The van der Waals surface area contributed by atoms with Crippen molar-refractivity contribution in [3.63, 3.8) is 0 Å². The van der Waals surface area contributed by atoms with Gasteiger partial charge in [0, 0.05) is 18.7 Å². The van der Waals surface area contributed by atoms with Gasteiger partial charge in [-0.1, -0.05) is 0 Å². The summed E-state index contributed by atoms with van der Waals surface area (Å²) in [5.74, 6) is 0. The van der Waals surface area contributed by atoms with Gasteiger partial charge >= 0.3 is 6.18 Å². The molecule has 0 aliphatic carbocycles.